The van der Waals surface area contributed by atoms with Gasteiger partial charge in [0.2, 0.25) is 0 Å². The van der Waals surface area contributed by atoms with E-state index < -0.39 is 5.97 Å². The van der Waals surface area contributed by atoms with Crippen LogP contribution in [-0.4, -0.2) is 43.4 Å². The Balaban J connectivity index is 0.000000598. The molecule has 1 unspecified atom stereocenters. The average molecular weight is 580 g/mol. The fourth-order valence-electron chi connectivity index (χ4n) is 4.29. The number of anilines is 1. The minimum Gasteiger partial charge on any atom is -0.478 e. The van der Waals surface area contributed by atoms with E-state index in [1.54, 1.807) is 12.1 Å². The van der Waals surface area contributed by atoms with Gasteiger partial charge in [-0.25, -0.2) is 4.79 Å². The molecule has 0 radical (unpaired) electrons. The number of carbonyl (C=O) groups is 1. The van der Waals surface area contributed by atoms with E-state index in [-0.39, 0.29) is 5.56 Å². The molecule has 1 aliphatic heterocycles. The molecule has 0 aromatic heterocycles. The predicted molar refractivity (Wildman–Crippen MR) is 180 cm³/mol. The summed E-state index contributed by atoms with van der Waals surface area (Å²) in [6, 6.07) is 19.0. The Morgan fingerprint density at radius 3 is 2.10 bits per heavy atom. The molecule has 0 saturated carbocycles. The van der Waals surface area contributed by atoms with E-state index in [1.807, 2.05) is 56.3 Å². The Labute approximate surface area is 250 Å². The number of rotatable bonds is 9. The molecule has 3 N–H and O–H groups in total. The van der Waals surface area contributed by atoms with E-state index in [0.717, 1.165) is 46.1 Å². The number of carboxylic acids is 1. The number of benzene rings is 3. The molecule has 0 spiro atoms. The van der Waals surface area contributed by atoms with Gasteiger partial charge < -0.3 is 20.1 Å². The second-order valence-electron chi connectivity index (χ2n) is 9.29. The number of hydrogen-bond donors (Lipinski definition) is 2. The van der Waals surface area contributed by atoms with Gasteiger partial charge in [0.05, 0.1) is 18.7 Å². The molecule has 0 aliphatic carbocycles. The minimum atomic E-state index is -0.948. The van der Waals surface area contributed by atoms with E-state index in [4.69, 9.17) is 4.74 Å². The maximum atomic E-state index is 11.9. The second-order valence-corrected chi connectivity index (χ2v) is 9.86. The molecular weight excluding hydrogens is 527 g/mol. The van der Waals surface area contributed by atoms with Crippen molar-refractivity contribution in [2.45, 2.75) is 61.3 Å². The molecule has 41 heavy (non-hydrogen) atoms. The summed E-state index contributed by atoms with van der Waals surface area (Å²) in [5.74, 6) is 0.468. The highest BCUT2D eigenvalue weighted by Gasteiger charge is 2.24. The van der Waals surface area contributed by atoms with Crippen LogP contribution in [0.2, 0.25) is 0 Å². The predicted octanol–water partition coefficient (Wildman–Crippen LogP) is 6.27. The SMILES string of the molecule is C=c1ccc2c(c1)Oc1cc(N(CC)CC)ccc1C=2c1ccccc1C(=O)O.CC.CCCP.CCC[NH2+]CC. The van der Waals surface area contributed by atoms with Crippen molar-refractivity contribution in [1.29, 1.82) is 0 Å². The number of nitrogens with two attached hydrogens (primary N) is 1. The van der Waals surface area contributed by atoms with E-state index in [2.05, 4.69) is 66.7 Å². The third kappa shape index (κ3) is 10.3. The molecule has 1 heterocycles. The molecule has 224 valence electrons. The molecular formula is C35H52N2O3P+. The smallest absolute Gasteiger partial charge is 0.336 e. The number of ether oxygens (including phenoxy) is 1. The molecule has 6 heteroatoms. The molecule has 3 aromatic rings. The van der Waals surface area contributed by atoms with Gasteiger partial charge in [-0.3, -0.25) is 0 Å². The average Bonchev–Trinajstić information content (AvgIpc) is 3.00. The standard InChI is InChI=1S/C25H23NO3.C5H13N.C3H9P.C2H6/c1-4-26(5-2)17-11-13-21-23(15-17)29-22-14-16(3)10-12-20(22)24(21)18-8-6-7-9-19(18)25(27)28;1-3-5-6-4-2;1-2-3-4;1-2/h6-15H,3-5H2,1-2H3,(H,27,28);6H,3-5H2,1-2H3;2-4H2,1H3;1-2H3/p+1. The molecule has 0 saturated heterocycles. The Kier molecular flexibility index (Phi) is 17.4. The van der Waals surface area contributed by atoms with Crippen molar-refractivity contribution in [3.05, 3.63) is 87.8 Å². The van der Waals surface area contributed by atoms with Gasteiger partial charge in [-0.05, 0) is 68.4 Å². The van der Waals surface area contributed by atoms with Crippen molar-refractivity contribution in [3.8, 4) is 11.5 Å². The number of hydrogen-bond acceptors (Lipinski definition) is 3. The monoisotopic (exact) mass is 579 g/mol. The maximum absolute atomic E-state index is 11.9. The van der Waals surface area contributed by atoms with Gasteiger partial charge in [-0.1, -0.05) is 71.0 Å². The minimum absolute atomic E-state index is 0.271. The quantitative estimate of drug-likeness (QED) is 0.181. The highest BCUT2D eigenvalue weighted by atomic mass is 31.0. The van der Waals surface area contributed by atoms with Crippen LogP contribution in [0.15, 0.2) is 60.7 Å². The van der Waals surface area contributed by atoms with Gasteiger partial charge in [0.25, 0.3) is 0 Å². The van der Waals surface area contributed by atoms with Crippen LogP contribution in [0, 0.1) is 0 Å². The van der Waals surface area contributed by atoms with Gasteiger partial charge in [0, 0.05) is 41.2 Å². The molecule has 0 amide bonds. The van der Waals surface area contributed by atoms with Gasteiger partial charge in [0.1, 0.15) is 11.5 Å². The summed E-state index contributed by atoms with van der Waals surface area (Å²) in [6.45, 7) is 23.1. The third-order valence-electron chi connectivity index (χ3n) is 6.40. The lowest BCUT2D eigenvalue weighted by molar-refractivity contribution is -0.651. The van der Waals surface area contributed by atoms with Crippen LogP contribution in [0.4, 0.5) is 5.69 Å². The first-order chi connectivity index (χ1) is 19.9. The Morgan fingerprint density at radius 1 is 0.902 bits per heavy atom. The lowest BCUT2D eigenvalue weighted by Crippen LogP contribution is -2.83. The maximum Gasteiger partial charge on any atom is 0.336 e. The van der Waals surface area contributed by atoms with E-state index in [9.17, 15) is 9.90 Å². The van der Waals surface area contributed by atoms with Gasteiger partial charge in [0.15, 0.2) is 0 Å². The Morgan fingerprint density at radius 2 is 1.56 bits per heavy atom. The van der Waals surface area contributed by atoms with Crippen LogP contribution in [0.25, 0.3) is 12.2 Å². The van der Waals surface area contributed by atoms with E-state index in [1.165, 1.54) is 32.1 Å². The highest BCUT2D eigenvalue weighted by Crippen LogP contribution is 2.39. The van der Waals surface area contributed by atoms with Crippen LogP contribution in [0.1, 0.15) is 82.8 Å². The van der Waals surface area contributed by atoms with Crippen LogP contribution < -0.4 is 25.4 Å². The van der Waals surface area contributed by atoms with Gasteiger partial charge in [-0.15, -0.1) is 9.24 Å². The normalized spacial score (nSPS) is 10.7. The molecule has 0 fully saturated rings. The van der Waals surface area contributed by atoms with Crippen molar-refractivity contribution < 1.29 is 20.0 Å². The Bertz CT molecular complexity index is 1310. The molecule has 5 nitrogen and oxygen atoms in total. The molecule has 3 aromatic carbocycles. The summed E-state index contributed by atoms with van der Waals surface area (Å²) >= 11 is 0. The van der Waals surface area contributed by atoms with Crippen molar-refractivity contribution >= 4 is 33.0 Å². The first-order valence-corrected chi connectivity index (χ1v) is 15.9. The number of aromatic carboxylic acids is 1. The number of quaternary nitrogens is 1. The van der Waals surface area contributed by atoms with Crippen LogP contribution in [0.5, 0.6) is 11.5 Å². The van der Waals surface area contributed by atoms with Crippen LogP contribution >= 0.6 is 9.24 Å². The zero-order chi connectivity index (χ0) is 30.8. The van der Waals surface area contributed by atoms with Crippen molar-refractivity contribution in [2.75, 3.05) is 37.2 Å². The lowest BCUT2D eigenvalue weighted by Gasteiger charge is -2.26. The van der Waals surface area contributed by atoms with E-state index in [0.29, 0.717) is 11.3 Å². The number of fused-ring (bicyclic) bond motifs is 2. The van der Waals surface area contributed by atoms with Gasteiger partial charge in [-0.2, -0.15) is 0 Å². The zero-order valence-electron chi connectivity index (χ0n) is 26.3. The summed E-state index contributed by atoms with van der Waals surface area (Å²) in [7, 11) is 2.66. The summed E-state index contributed by atoms with van der Waals surface area (Å²) in [5, 5.41) is 13.8. The lowest BCUT2D eigenvalue weighted by atomic mass is 9.89. The third-order valence-corrected chi connectivity index (χ3v) is 6.97. The number of carboxylic acid groups (broad SMARTS) is 1. The van der Waals surface area contributed by atoms with Crippen molar-refractivity contribution in [1.82, 2.24) is 0 Å². The molecule has 1 aliphatic rings. The molecule has 1 atom stereocenters. The largest absolute Gasteiger partial charge is 0.478 e. The fourth-order valence-corrected chi connectivity index (χ4v) is 4.29. The number of nitrogens with zero attached hydrogens (tertiary/aromatic N) is 1. The summed E-state index contributed by atoms with van der Waals surface area (Å²) in [6.07, 6.45) is 3.82. The Hall–Kier alpha value is -3.14. The molecule has 0 bridgehead atoms. The first kappa shape index (κ1) is 35.9. The zero-order valence-corrected chi connectivity index (χ0v) is 27.5. The van der Waals surface area contributed by atoms with Gasteiger partial charge >= 0.3 is 5.97 Å². The van der Waals surface area contributed by atoms with Crippen molar-refractivity contribution in [2.24, 2.45) is 0 Å². The highest BCUT2D eigenvalue weighted by molar-refractivity contribution is 7.16. The first-order valence-electron chi connectivity index (χ1n) is 15.1. The summed E-state index contributed by atoms with van der Waals surface area (Å²) in [4.78, 5) is 14.2. The van der Waals surface area contributed by atoms with E-state index >= 15 is 0 Å². The summed E-state index contributed by atoms with van der Waals surface area (Å²) in [5.41, 5.74) is 3.78. The van der Waals surface area contributed by atoms with Crippen LogP contribution in [-0.2, 0) is 0 Å². The van der Waals surface area contributed by atoms with Crippen LogP contribution in [0.3, 0.4) is 0 Å². The summed E-state index contributed by atoms with van der Waals surface area (Å²) < 4.78 is 6.26. The van der Waals surface area contributed by atoms with Crippen molar-refractivity contribution in [3.63, 3.8) is 0 Å². The fraction of sp³-hybridized carbons (Fsp3) is 0.400. The second kappa shape index (κ2) is 19.9. The molecule has 4 rings (SSSR count). The topological polar surface area (TPSA) is 66.4 Å².